The van der Waals surface area contributed by atoms with E-state index in [2.05, 4.69) is 34.7 Å². The third-order valence-corrected chi connectivity index (χ3v) is 2.76. The third kappa shape index (κ3) is 5.64. The number of hydrogen-bond acceptors (Lipinski definition) is 0. The quantitative estimate of drug-likeness (QED) is 0.543. The molecule has 0 radical (unpaired) electrons. The summed E-state index contributed by atoms with van der Waals surface area (Å²) in [6, 6.07) is 8.15. The highest BCUT2D eigenvalue weighted by molar-refractivity contribution is 9.10. The van der Waals surface area contributed by atoms with Crippen LogP contribution in [0.25, 0.3) is 0 Å². The Morgan fingerprint density at radius 2 is 1.80 bits per heavy atom. The van der Waals surface area contributed by atoms with Crippen molar-refractivity contribution in [3.8, 4) is 11.8 Å². The van der Waals surface area contributed by atoms with Gasteiger partial charge in [0.05, 0.1) is 0 Å². The van der Waals surface area contributed by atoms with E-state index in [0.717, 1.165) is 16.5 Å². The summed E-state index contributed by atoms with van der Waals surface area (Å²) in [6.07, 6.45) is 6.19. The molecule has 0 fully saturated rings. The first-order valence-electron chi connectivity index (χ1n) is 5.57. The first-order chi connectivity index (χ1) is 7.33. The Morgan fingerprint density at radius 1 is 1.07 bits per heavy atom. The zero-order valence-corrected chi connectivity index (χ0v) is 10.8. The Bertz CT molecular complexity index is 327. The summed E-state index contributed by atoms with van der Waals surface area (Å²) in [5.74, 6) is 6.39. The lowest BCUT2D eigenvalue weighted by Gasteiger charge is -1.92. The van der Waals surface area contributed by atoms with Crippen molar-refractivity contribution in [1.29, 1.82) is 0 Å². The van der Waals surface area contributed by atoms with Gasteiger partial charge in [-0.3, -0.25) is 0 Å². The van der Waals surface area contributed by atoms with Gasteiger partial charge in [0.25, 0.3) is 0 Å². The highest BCUT2D eigenvalue weighted by atomic mass is 79.9. The average molecular weight is 265 g/mol. The Morgan fingerprint density at radius 3 is 2.47 bits per heavy atom. The molecule has 0 heterocycles. The fourth-order valence-corrected chi connectivity index (χ4v) is 1.60. The van der Waals surface area contributed by atoms with E-state index in [9.17, 15) is 0 Å². The van der Waals surface area contributed by atoms with E-state index in [-0.39, 0.29) is 0 Å². The molecule has 0 aromatic heterocycles. The minimum absolute atomic E-state index is 1.02. The predicted octanol–water partition coefficient (Wildman–Crippen LogP) is 4.77. The van der Waals surface area contributed by atoms with Gasteiger partial charge in [-0.1, -0.05) is 54.0 Å². The van der Waals surface area contributed by atoms with Crippen molar-refractivity contribution < 1.29 is 0 Å². The minimum Gasteiger partial charge on any atom is -0.0979 e. The first kappa shape index (κ1) is 12.3. The summed E-state index contributed by atoms with van der Waals surface area (Å²) >= 11 is 3.41. The molecular formula is C14H17Br. The highest BCUT2D eigenvalue weighted by Gasteiger charge is 1.87. The Labute approximate surface area is 101 Å². The molecular weight excluding hydrogens is 248 g/mol. The number of benzene rings is 1. The van der Waals surface area contributed by atoms with Crippen LogP contribution < -0.4 is 0 Å². The molecule has 0 N–H and O–H groups in total. The monoisotopic (exact) mass is 264 g/mol. The van der Waals surface area contributed by atoms with Gasteiger partial charge in [0.15, 0.2) is 0 Å². The van der Waals surface area contributed by atoms with E-state index in [1.807, 2.05) is 24.3 Å². The largest absolute Gasteiger partial charge is 0.0979 e. The zero-order chi connectivity index (χ0) is 10.9. The van der Waals surface area contributed by atoms with Crippen LogP contribution >= 0.6 is 15.9 Å². The maximum atomic E-state index is 3.41. The lowest BCUT2D eigenvalue weighted by atomic mass is 10.1. The molecule has 1 heteroatoms. The van der Waals surface area contributed by atoms with E-state index in [1.165, 1.54) is 25.7 Å². The summed E-state index contributed by atoms with van der Waals surface area (Å²) < 4.78 is 1.11. The van der Waals surface area contributed by atoms with Crippen LogP contribution in [0.5, 0.6) is 0 Å². The van der Waals surface area contributed by atoms with E-state index in [1.54, 1.807) is 0 Å². The smallest absolute Gasteiger partial charge is 0.0246 e. The molecule has 0 atom stereocenters. The molecule has 1 aromatic rings. The van der Waals surface area contributed by atoms with Crippen molar-refractivity contribution in [2.75, 3.05) is 0 Å². The Balaban J connectivity index is 2.28. The fourth-order valence-electron chi connectivity index (χ4n) is 1.34. The SMILES string of the molecule is CCCCCCC#Cc1ccc(Br)cc1. The van der Waals surface area contributed by atoms with Crippen LogP contribution in [-0.2, 0) is 0 Å². The summed E-state index contributed by atoms with van der Waals surface area (Å²) in [5, 5.41) is 0. The second kappa shape index (κ2) is 7.54. The van der Waals surface area contributed by atoms with Gasteiger partial charge in [0.2, 0.25) is 0 Å². The summed E-state index contributed by atoms with van der Waals surface area (Å²) in [4.78, 5) is 0. The lowest BCUT2D eigenvalue weighted by Crippen LogP contribution is -1.75. The van der Waals surface area contributed by atoms with Crippen LogP contribution in [-0.4, -0.2) is 0 Å². The number of halogens is 1. The second-order valence-electron chi connectivity index (χ2n) is 3.62. The van der Waals surface area contributed by atoms with Gasteiger partial charge in [-0.25, -0.2) is 0 Å². The molecule has 0 bridgehead atoms. The topological polar surface area (TPSA) is 0 Å². The van der Waals surface area contributed by atoms with Gasteiger partial charge in [-0.15, -0.1) is 0 Å². The molecule has 0 amide bonds. The molecule has 0 saturated heterocycles. The molecule has 0 aliphatic heterocycles. The Kier molecular flexibility index (Phi) is 6.20. The van der Waals surface area contributed by atoms with Gasteiger partial charge in [0, 0.05) is 16.5 Å². The van der Waals surface area contributed by atoms with E-state index in [4.69, 9.17) is 0 Å². The average Bonchev–Trinajstić information content (AvgIpc) is 2.26. The highest BCUT2D eigenvalue weighted by Crippen LogP contribution is 2.09. The van der Waals surface area contributed by atoms with Crippen LogP contribution in [0.15, 0.2) is 28.7 Å². The standard InChI is InChI=1S/C14H17Br/c1-2-3-4-5-6-7-8-13-9-11-14(15)12-10-13/h9-12H,2-6H2,1H3. The molecule has 80 valence electrons. The van der Waals surface area contributed by atoms with Crippen molar-refractivity contribution >= 4 is 15.9 Å². The van der Waals surface area contributed by atoms with Gasteiger partial charge < -0.3 is 0 Å². The molecule has 0 saturated carbocycles. The lowest BCUT2D eigenvalue weighted by molar-refractivity contribution is 0.679. The van der Waals surface area contributed by atoms with E-state index < -0.39 is 0 Å². The fraction of sp³-hybridized carbons (Fsp3) is 0.429. The van der Waals surface area contributed by atoms with Crippen molar-refractivity contribution in [1.82, 2.24) is 0 Å². The van der Waals surface area contributed by atoms with Gasteiger partial charge in [-0.2, -0.15) is 0 Å². The summed E-state index contributed by atoms with van der Waals surface area (Å²) in [5.41, 5.74) is 1.11. The van der Waals surface area contributed by atoms with E-state index >= 15 is 0 Å². The molecule has 1 aromatic carbocycles. The maximum Gasteiger partial charge on any atom is 0.0246 e. The van der Waals surface area contributed by atoms with Crippen molar-refractivity contribution in [2.24, 2.45) is 0 Å². The van der Waals surface area contributed by atoms with Crippen LogP contribution in [0.4, 0.5) is 0 Å². The van der Waals surface area contributed by atoms with Crippen molar-refractivity contribution in [2.45, 2.75) is 39.0 Å². The number of unbranched alkanes of at least 4 members (excludes halogenated alkanes) is 4. The number of rotatable bonds is 4. The second-order valence-corrected chi connectivity index (χ2v) is 4.54. The molecule has 15 heavy (non-hydrogen) atoms. The first-order valence-corrected chi connectivity index (χ1v) is 6.36. The molecule has 0 aliphatic carbocycles. The van der Waals surface area contributed by atoms with Crippen LogP contribution in [0, 0.1) is 11.8 Å². The van der Waals surface area contributed by atoms with Crippen LogP contribution in [0.2, 0.25) is 0 Å². The molecule has 0 unspecified atom stereocenters. The predicted molar refractivity (Wildman–Crippen MR) is 69.8 cm³/mol. The maximum absolute atomic E-state index is 3.41. The van der Waals surface area contributed by atoms with E-state index in [0.29, 0.717) is 0 Å². The van der Waals surface area contributed by atoms with Gasteiger partial charge >= 0.3 is 0 Å². The van der Waals surface area contributed by atoms with Crippen LogP contribution in [0.1, 0.15) is 44.6 Å². The molecule has 0 spiro atoms. The number of hydrogen-bond donors (Lipinski definition) is 0. The van der Waals surface area contributed by atoms with Crippen molar-refractivity contribution in [3.05, 3.63) is 34.3 Å². The zero-order valence-electron chi connectivity index (χ0n) is 9.22. The minimum atomic E-state index is 1.02. The Hall–Kier alpha value is -0.740. The normalized spacial score (nSPS) is 9.47. The van der Waals surface area contributed by atoms with Crippen LogP contribution in [0.3, 0.4) is 0 Å². The molecule has 1 rings (SSSR count). The van der Waals surface area contributed by atoms with Gasteiger partial charge in [0.1, 0.15) is 0 Å². The van der Waals surface area contributed by atoms with Gasteiger partial charge in [-0.05, 0) is 30.7 Å². The molecule has 0 aliphatic rings. The summed E-state index contributed by atoms with van der Waals surface area (Å²) in [6.45, 7) is 2.23. The molecule has 0 nitrogen and oxygen atoms in total. The van der Waals surface area contributed by atoms with Crippen molar-refractivity contribution in [3.63, 3.8) is 0 Å². The summed E-state index contributed by atoms with van der Waals surface area (Å²) in [7, 11) is 0. The third-order valence-electron chi connectivity index (χ3n) is 2.23.